The maximum absolute atomic E-state index is 13.2. The Bertz CT molecular complexity index is 695. The molecule has 0 aliphatic heterocycles. The lowest BCUT2D eigenvalue weighted by atomic mass is 9.91. The number of halogens is 3. The van der Waals surface area contributed by atoms with Gasteiger partial charge in [0.15, 0.2) is 5.54 Å². The summed E-state index contributed by atoms with van der Waals surface area (Å²) in [5.74, 6) is -1.55. The molecule has 2 N–H and O–H groups in total. The molecule has 6 heteroatoms. The number of carbonyl (C=O) groups is 1. The normalized spacial score (nSPS) is 13.5. The second-order valence-electron chi connectivity index (χ2n) is 4.66. The zero-order valence-corrected chi connectivity index (χ0v) is 13.4. The Morgan fingerprint density at radius 2 is 2.00 bits per heavy atom. The minimum absolute atomic E-state index is 0.368. The molecule has 2 aromatic carbocycles. The van der Waals surface area contributed by atoms with Crippen LogP contribution >= 0.6 is 27.5 Å². The van der Waals surface area contributed by atoms with Crippen LogP contribution in [-0.2, 0) is 10.3 Å². The third-order valence-electron chi connectivity index (χ3n) is 3.16. The molecule has 0 heterocycles. The molecule has 0 bridgehead atoms. The van der Waals surface area contributed by atoms with Crippen LogP contribution in [0.3, 0.4) is 0 Å². The van der Waals surface area contributed by atoms with E-state index in [1.165, 1.54) is 25.1 Å². The molecule has 21 heavy (non-hydrogen) atoms. The van der Waals surface area contributed by atoms with Crippen LogP contribution in [-0.4, -0.2) is 11.1 Å². The van der Waals surface area contributed by atoms with Crippen molar-refractivity contribution in [3.8, 4) is 0 Å². The van der Waals surface area contributed by atoms with Crippen LogP contribution in [0, 0.1) is 5.82 Å². The van der Waals surface area contributed by atoms with Gasteiger partial charge in [0.1, 0.15) is 5.82 Å². The maximum atomic E-state index is 13.2. The summed E-state index contributed by atoms with van der Waals surface area (Å²) in [6.07, 6.45) is 0. The average molecular weight is 373 g/mol. The third kappa shape index (κ3) is 3.19. The van der Waals surface area contributed by atoms with E-state index in [1.54, 1.807) is 24.3 Å². The minimum atomic E-state index is -1.46. The molecule has 0 saturated heterocycles. The van der Waals surface area contributed by atoms with E-state index < -0.39 is 17.3 Å². The van der Waals surface area contributed by atoms with E-state index in [9.17, 15) is 14.3 Å². The summed E-state index contributed by atoms with van der Waals surface area (Å²) < 4.78 is 13.6. The van der Waals surface area contributed by atoms with Gasteiger partial charge in [-0.25, -0.2) is 9.18 Å². The fourth-order valence-electron chi connectivity index (χ4n) is 1.96. The lowest BCUT2D eigenvalue weighted by Gasteiger charge is -2.29. The SMILES string of the molecule is CC(Nc1ccccc1Cl)(C(=O)O)c1ccc(F)cc1Br. The van der Waals surface area contributed by atoms with Gasteiger partial charge < -0.3 is 10.4 Å². The van der Waals surface area contributed by atoms with Crippen molar-refractivity contribution in [1.82, 2.24) is 0 Å². The summed E-state index contributed by atoms with van der Waals surface area (Å²) in [4.78, 5) is 11.8. The summed E-state index contributed by atoms with van der Waals surface area (Å²) in [6.45, 7) is 1.50. The number of rotatable bonds is 4. The summed E-state index contributed by atoms with van der Waals surface area (Å²) in [5, 5.41) is 12.9. The topological polar surface area (TPSA) is 49.3 Å². The van der Waals surface area contributed by atoms with Gasteiger partial charge >= 0.3 is 5.97 Å². The van der Waals surface area contributed by atoms with Gasteiger partial charge in [0, 0.05) is 10.0 Å². The monoisotopic (exact) mass is 371 g/mol. The van der Waals surface area contributed by atoms with Gasteiger partial charge in [-0.1, -0.05) is 45.7 Å². The third-order valence-corrected chi connectivity index (χ3v) is 4.14. The molecule has 1 unspecified atom stereocenters. The van der Waals surface area contributed by atoms with Crippen molar-refractivity contribution >= 4 is 39.2 Å². The number of anilines is 1. The molecule has 0 spiro atoms. The summed E-state index contributed by atoms with van der Waals surface area (Å²) in [7, 11) is 0. The molecule has 3 nitrogen and oxygen atoms in total. The molecular weight excluding hydrogens is 361 g/mol. The molecule has 0 aromatic heterocycles. The number of hydrogen-bond donors (Lipinski definition) is 2. The first-order chi connectivity index (χ1) is 9.84. The van der Waals surface area contributed by atoms with Crippen molar-refractivity contribution in [2.24, 2.45) is 0 Å². The molecule has 2 rings (SSSR count). The van der Waals surface area contributed by atoms with Crippen molar-refractivity contribution in [1.29, 1.82) is 0 Å². The van der Waals surface area contributed by atoms with Gasteiger partial charge in [0.05, 0.1) is 10.7 Å². The quantitative estimate of drug-likeness (QED) is 0.821. The summed E-state index contributed by atoms with van der Waals surface area (Å²) in [5.41, 5.74) is -0.575. The molecule has 0 fully saturated rings. The van der Waals surface area contributed by atoms with Gasteiger partial charge in [-0.3, -0.25) is 0 Å². The molecule has 1 atom stereocenters. The van der Waals surface area contributed by atoms with E-state index in [2.05, 4.69) is 21.2 Å². The van der Waals surface area contributed by atoms with Crippen LogP contribution in [0.25, 0.3) is 0 Å². The highest BCUT2D eigenvalue weighted by Crippen LogP contribution is 2.34. The summed E-state index contributed by atoms with van der Waals surface area (Å²) >= 11 is 9.27. The number of para-hydroxylation sites is 1. The molecule has 2 aromatic rings. The first-order valence-electron chi connectivity index (χ1n) is 6.06. The van der Waals surface area contributed by atoms with E-state index in [0.29, 0.717) is 20.7 Å². The number of hydrogen-bond acceptors (Lipinski definition) is 2. The number of carboxylic acids is 1. The van der Waals surface area contributed by atoms with Gasteiger partial charge in [0.2, 0.25) is 0 Å². The van der Waals surface area contributed by atoms with Gasteiger partial charge in [0.25, 0.3) is 0 Å². The van der Waals surface area contributed by atoms with Crippen molar-refractivity contribution in [3.63, 3.8) is 0 Å². The van der Waals surface area contributed by atoms with Crippen molar-refractivity contribution in [2.75, 3.05) is 5.32 Å². The highest BCUT2D eigenvalue weighted by atomic mass is 79.9. The Morgan fingerprint density at radius 3 is 2.57 bits per heavy atom. The lowest BCUT2D eigenvalue weighted by Crippen LogP contribution is -2.41. The molecule has 110 valence electrons. The molecule has 0 saturated carbocycles. The second kappa shape index (κ2) is 6.03. The van der Waals surface area contributed by atoms with E-state index >= 15 is 0 Å². The highest BCUT2D eigenvalue weighted by Gasteiger charge is 2.37. The molecular formula is C15H12BrClFNO2. The second-order valence-corrected chi connectivity index (χ2v) is 5.92. The Labute approximate surface area is 134 Å². The van der Waals surface area contributed by atoms with Crippen LogP contribution in [0.2, 0.25) is 5.02 Å². The zero-order chi connectivity index (χ0) is 15.6. The standard InChI is InChI=1S/C15H12BrClFNO2/c1-15(14(20)21,10-7-6-9(18)8-11(10)16)19-13-5-3-2-4-12(13)17/h2-8,19H,1H3,(H,20,21). The van der Waals surface area contributed by atoms with E-state index in [1.807, 2.05) is 0 Å². The Morgan fingerprint density at radius 1 is 1.33 bits per heavy atom. The van der Waals surface area contributed by atoms with E-state index in [0.717, 1.165) is 0 Å². The van der Waals surface area contributed by atoms with Gasteiger partial charge in [-0.15, -0.1) is 0 Å². The lowest BCUT2D eigenvalue weighted by molar-refractivity contribution is -0.142. The van der Waals surface area contributed by atoms with Crippen LogP contribution < -0.4 is 5.32 Å². The molecule has 0 radical (unpaired) electrons. The predicted molar refractivity (Wildman–Crippen MR) is 84.2 cm³/mol. The minimum Gasteiger partial charge on any atom is -0.479 e. The number of benzene rings is 2. The Kier molecular flexibility index (Phi) is 4.54. The van der Waals surface area contributed by atoms with Crippen molar-refractivity contribution in [3.05, 3.63) is 63.3 Å². The summed E-state index contributed by atoms with van der Waals surface area (Å²) in [6, 6.07) is 10.7. The van der Waals surface area contributed by atoms with E-state index in [-0.39, 0.29) is 0 Å². The Hall–Kier alpha value is -1.59. The average Bonchev–Trinajstić information content (AvgIpc) is 2.41. The smallest absolute Gasteiger partial charge is 0.333 e. The zero-order valence-electron chi connectivity index (χ0n) is 11.0. The van der Waals surface area contributed by atoms with Gasteiger partial charge in [-0.05, 0) is 31.2 Å². The Balaban J connectivity index is 2.51. The van der Waals surface area contributed by atoms with Crippen molar-refractivity contribution < 1.29 is 14.3 Å². The molecule has 0 amide bonds. The highest BCUT2D eigenvalue weighted by molar-refractivity contribution is 9.10. The predicted octanol–water partition coefficient (Wildman–Crippen LogP) is 4.65. The number of nitrogens with one attached hydrogen (secondary N) is 1. The van der Waals surface area contributed by atoms with Crippen LogP contribution in [0.5, 0.6) is 0 Å². The molecule has 0 aliphatic rings. The largest absolute Gasteiger partial charge is 0.479 e. The first-order valence-corrected chi connectivity index (χ1v) is 7.23. The van der Waals surface area contributed by atoms with Crippen LogP contribution in [0.4, 0.5) is 10.1 Å². The van der Waals surface area contributed by atoms with Crippen molar-refractivity contribution in [2.45, 2.75) is 12.5 Å². The van der Waals surface area contributed by atoms with Crippen LogP contribution in [0.1, 0.15) is 12.5 Å². The van der Waals surface area contributed by atoms with E-state index in [4.69, 9.17) is 11.6 Å². The fourth-order valence-corrected chi connectivity index (χ4v) is 2.89. The maximum Gasteiger partial charge on any atom is 0.333 e. The number of carboxylic acid groups (broad SMARTS) is 1. The number of aliphatic carboxylic acids is 1. The first kappa shape index (κ1) is 15.8. The van der Waals surface area contributed by atoms with Crippen LogP contribution in [0.15, 0.2) is 46.9 Å². The van der Waals surface area contributed by atoms with Gasteiger partial charge in [-0.2, -0.15) is 0 Å². The molecule has 0 aliphatic carbocycles. The fraction of sp³-hybridized carbons (Fsp3) is 0.133.